The van der Waals surface area contributed by atoms with Gasteiger partial charge in [0.25, 0.3) is 0 Å². The molecule has 0 aliphatic rings. The number of carboxylic acids is 1. The number of carboxylic acid groups (broad SMARTS) is 1. The Bertz CT molecular complexity index is 989. The fraction of sp³-hybridized carbons (Fsp3) is 0.318. The van der Waals surface area contributed by atoms with Crippen molar-refractivity contribution in [2.45, 2.75) is 46.9 Å². The van der Waals surface area contributed by atoms with Gasteiger partial charge in [-0.1, -0.05) is 44.5 Å². The van der Waals surface area contributed by atoms with E-state index in [0.717, 1.165) is 11.1 Å². The van der Waals surface area contributed by atoms with Crippen LogP contribution in [0.5, 0.6) is 0 Å². The number of carbonyl (C=O) groups is 3. The highest BCUT2D eigenvalue weighted by Crippen LogP contribution is 2.49. The molecule has 0 saturated carbocycles. The Morgan fingerprint density at radius 1 is 0.667 bits per heavy atom. The second kappa shape index (κ2) is 9.07. The van der Waals surface area contributed by atoms with E-state index >= 15 is 0 Å². The van der Waals surface area contributed by atoms with Crippen molar-refractivity contribution in [1.82, 2.24) is 0 Å². The molecule has 0 aliphatic carbocycles. The Morgan fingerprint density at radius 2 is 0.933 bits per heavy atom. The van der Waals surface area contributed by atoms with E-state index in [4.69, 9.17) is 0 Å². The van der Waals surface area contributed by atoms with Crippen LogP contribution < -0.4 is 0 Å². The van der Waals surface area contributed by atoms with Gasteiger partial charge in [0.2, 0.25) is 0 Å². The average molecular weight is 446 g/mol. The summed E-state index contributed by atoms with van der Waals surface area (Å²) in [6.07, 6.45) is 0. The third-order valence-electron chi connectivity index (χ3n) is 4.85. The Balaban J connectivity index is 2.49. The normalized spacial score (nSPS) is 12.9. The molecule has 1 N–H and O–H groups in total. The van der Waals surface area contributed by atoms with E-state index in [1.807, 2.05) is 13.8 Å². The highest BCUT2D eigenvalue weighted by atomic mass is 31.2. The van der Waals surface area contributed by atoms with Crippen molar-refractivity contribution in [1.29, 1.82) is 0 Å². The monoisotopic (exact) mass is 446 g/mol. The minimum Gasteiger partial charge on any atom is -0.474 e. The number of rotatable bonds is 7. The standard InChI is InChI=1S/C22H23O6P2/c1-11-7-13(3)17(14(4)8-11)20(25)29(27)22(19(23)24)30(28)21(26)18-15(5)9-12(2)10-16(18)6/h7-10,22H,1-6H3/q+1/p+1. The van der Waals surface area contributed by atoms with Crippen LogP contribution in [0.25, 0.3) is 0 Å². The van der Waals surface area contributed by atoms with Crippen LogP contribution >= 0.6 is 15.6 Å². The van der Waals surface area contributed by atoms with Crippen LogP contribution in [0, 0.1) is 41.5 Å². The van der Waals surface area contributed by atoms with E-state index in [2.05, 4.69) is 0 Å². The number of hydrogen-bond donors (Lipinski definition) is 1. The summed E-state index contributed by atoms with van der Waals surface area (Å²) in [7, 11) is -6.29. The topological polar surface area (TPSA) is 106 Å². The fourth-order valence-electron chi connectivity index (χ4n) is 3.77. The summed E-state index contributed by atoms with van der Waals surface area (Å²) < 4.78 is 25.9. The molecule has 30 heavy (non-hydrogen) atoms. The quantitative estimate of drug-likeness (QED) is 0.557. The molecule has 2 aromatic rings. The lowest BCUT2D eigenvalue weighted by atomic mass is 10.0. The fourth-order valence-corrected chi connectivity index (χ4v) is 7.16. The molecular formula is C22H24O6P2+2. The van der Waals surface area contributed by atoms with Crippen molar-refractivity contribution >= 4 is 32.6 Å². The molecule has 156 valence electrons. The predicted molar refractivity (Wildman–Crippen MR) is 117 cm³/mol. The molecule has 0 bridgehead atoms. The molecule has 0 aromatic heterocycles. The van der Waals surface area contributed by atoms with Crippen LogP contribution in [0.15, 0.2) is 24.3 Å². The summed E-state index contributed by atoms with van der Waals surface area (Å²) in [6, 6.07) is 6.90. The molecule has 2 rings (SSSR count). The van der Waals surface area contributed by atoms with Crippen LogP contribution in [0.2, 0.25) is 0 Å². The first-order chi connectivity index (χ1) is 13.9. The van der Waals surface area contributed by atoms with E-state index in [0.29, 0.717) is 22.3 Å². The van der Waals surface area contributed by atoms with E-state index < -0.39 is 38.0 Å². The summed E-state index contributed by atoms with van der Waals surface area (Å²) in [6.45, 7) is 10.3. The van der Waals surface area contributed by atoms with E-state index in [1.54, 1.807) is 52.0 Å². The lowest BCUT2D eigenvalue weighted by Crippen LogP contribution is -2.19. The molecule has 0 radical (unpaired) electrons. The van der Waals surface area contributed by atoms with Crippen LogP contribution in [-0.2, 0) is 13.9 Å². The third-order valence-corrected chi connectivity index (χ3v) is 8.68. The molecular weight excluding hydrogens is 422 g/mol. The molecule has 0 saturated heterocycles. The number of aryl methyl sites for hydroxylation is 6. The van der Waals surface area contributed by atoms with Crippen molar-refractivity contribution in [3.8, 4) is 0 Å². The summed E-state index contributed by atoms with van der Waals surface area (Å²) >= 11 is 0. The van der Waals surface area contributed by atoms with Crippen molar-refractivity contribution in [2.75, 3.05) is 0 Å². The molecule has 2 atom stereocenters. The van der Waals surface area contributed by atoms with Crippen LogP contribution in [0.3, 0.4) is 0 Å². The highest BCUT2D eigenvalue weighted by molar-refractivity contribution is 7.82. The lowest BCUT2D eigenvalue weighted by molar-refractivity contribution is -0.134. The van der Waals surface area contributed by atoms with Gasteiger partial charge < -0.3 is 5.11 Å². The molecule has 8 heteroatoms. The summed E-state index contributed by atoms with van der Waals surface area (Å²) in [5, 5.41) is 7.51. The zero-order chi connectivity index (χ0) is 22.9. The van der Waals surface area contributed by atoms with Crippen molar-refractivity contribution in [2.24, 2.45) is 0 Å². The van der Waals surface area contributed by atoms with Gasteiger partial charge in [-0.3, -0.25) is 0 Å². The zero-order valence-corrected chi connectivity index (χ0v) is 19.6. The number of hydrogen-bond acceptors (Lipinski definition) is 5. The Kier molecular flexibility index (Phi) is 7.18. The first-order valence-electron chi connectivity index (χ1n) is 9.26. The van der Waals surface area contributed by atoms with Crippen molar-refractivity contribution < 1.29 is 28.6 Å². The lowest BCUT2D eigenvalue weighted by Gasteiger charge is -2.06. The largest absolute Gasteiger partial charge is 0.487 e. The molecule has 0 spiro atoms. The summed E-state index contributed by atoms with van der Waals surface area (Å²) in [4.78, 5) is 37.6. The minimum atomic E-state index is -3.14. The van der Waals surface area contributed by atoms with E-state index in [9.17, 15) is 28.6 Å². The second-order valence-electron chi connectivity index (χ2n) is 7.52. The summed E-state index contributed by atoms with van der Waals surface area (Å²) in [5.41, 5.74) is 2.50. The van der Waals surface area contributed by atoms with E-state index in [1.165, 1.54) is 0 Å². The predicted octanol–water partition coefficient (Wildman–Crippen LogP) is 5.58. The van der Waals surface area contributed by atoms with Gasteiger partial charge in [-0.15, -0.1) is 0 Å². The molecule has 0 fully saturated rings. The number of carbonyl (C=O) groups excluding carboxylic acids is 2. The molecule has 0 amide bonds. The van der Waals surface area contributed by atoms with Gasteiger partial charge >= 0.3 is 38.0 Å². The second-order valence-corrected chi connectivity index (χ2v) is 11.1. The molecule has 2 unspecified atom stereocenters. The van der Waals surface area contributed by atoms with Gasteiger partial charge in [-0.25, -0.2) is 14.4 Å². The van der Waals surface area contributed by atoms with Crippen molar-refractivity contribution in [3.63, 3.8) is 0 Å². The van der Waals surface area contributed by atoms with Crippen LogP contribution in [0.4, 0.5) is 0 Å². The van der Waals surface area contributed by atoms with E-state index in [-0.39, 0.29) is 11.1 Å². The maximum Gasteiger partial charge on any atom is 0.487 e. The third kappa shape index (κ3) is 4.61. The first-order valence-corrected chi connectivity index (χ1v) is 11.9. The SMILES string of the molecule is Cc1cc(C)c(C(=O)[P+](=O)C(C(=O)O)[P+](=O)C(=O)c2c(C)cc(C)cc2C)c(C)c1. The van der Waals surface area contributed by atoms with Gasteiger partial charge in [0.05, 0.1) is 11.1 Å². The molecule has 2 aromatic carbocycles. The maximum absolute atomic E-state index is 13.0. The van der Waals surface area contributed by atoms with Crippen LogP contribution in [0.1, 0.15) is 54.1 Å². The van der Waals surface area contributed by atoms with Crippen molar-refractivity contribution in [3.05, 3.63) is 68.8 Å². The Hall–Kier alpha value is -2.55. The Labute approximate surface area is 177 Å². The molecule has 0 aliphatic heterocycles. The molecule has 0 heterocycles. The van der Waals surface area contributed by atoms with Gasteiger partial charge in [0, 0.05) is 0 Å². The highest BCUT2D eigenvalue weighted by Gasteiger charge is 2.62. The number of benzene rings is 2. The van der Waals surface area contributed by atoms with Gasteiger partial charge in [-0.05, 0) is 63.8 Å². The van der Waals surface area contributed by atoms with Crippen LogP contribution in [-0.4, -0.2) is 27.5 Å². The van der Waals surface area contributed by atoms with Gasteiger partial charge in [-0.2, -0.15) is 0 Å². The smallest absolute Gasteiger partial charge is 0.474 e. The Morgan fingerprint density at radius 3 is 1.17 bits per heavy atom. The van der Waals surface area contributed by atoms with Gasteiger partial charge in [0.1, 0.15) is 0 Å². The zero-order valence-electron chi connectivity index (χ0n) is 17.8. The summed E-state index contributed by atoms with van der Waals surface area (Å²) in [5.74, 6) is -1.69. The first kappa shape index (κ1) is 23.7. The number of aliphatic carboxylic acids is 1. The maximum atomic E-state index is 13.0. The van der Waals surface area contributed by atoms with Gasteiger partial charge in [0.15, 0.2) is 0 Å². The average Bonchev–Trinajstić information content (AvgIpc) is 2.59. The molecule has 6 nitrogen and oxygen atoms in total. The minimum absolute atomic E-state index is 0.145.